The molecule has 8 heteroatoms. The molecule has 1 saturated heterocycles. The molecular weight excluding hydrogens is 397 g/mol. The monoisotopic (exact) mass is 413 g/mol. The van der Waals surface area contributed by atoms with Crippen molar-refractivity contribution >= 4 is 40.7 Å². The Balaban J connectivity index is 1.80. The normalized spacial score (nSPS) is 19.8. The van der Waals surface area contributed by atoms with Crippen LogP contribution in [0.5, 0.6) is 5.75 Å². The summed E-state index contributed by atoms with van der Waals surface area (Å²) in [5.41, 5.74) is 0.657. The first-order valence-corrected chi connectivity index (χ1v) is 9.07. The van der Waals surface area contributed by atoms with Crippen molar-refractivity contribution in [2.45, 2.75) is 31.8 Å². The Labute approximate surface area is 167 Å². The summed E-state index contributed by atoms with van der Waals surface area (Å²) in [5, 5.41) is 0.479. The first-order chi connectivity index (χ1) is 12.3. The number of halogens is 2. The highest BCUT2D eigenvalue weighted by Gasteiger charge is 2.40. The second-order valence-corrected chi connectivity index (χ2v) is 7.21. The van der Waals surface area contributed by atoms with Gasteiger partial charge in [-0.3, -0.25) is 0 Å². The molecule has 2 atom stereocenters. The van der Waals surface area contributed by atoms with Gasteiger partial charge < -0.3 is 18.9 Å². The van der Waals surface area contributed by atoms with Gasteiger partial charge in [-0.1, -0.05) is 41.4 Å². The van der Waals surface area contributed by atoms with E-state index in [0.29, 0.717) is 22.9 Å². The highest BCUT2D eigenvalue weighted by Crippen LogP contribution is 2.35. The molecule has 3 rings (SSSR count). The van der Waals surface area contributed by atoms with Crippen LogP contribution in [-0.4, -0.2) is 28.7 Å². The van der Waals surface area contributed by atoms with Gasteiger partial charge in [0.25, 0.3) is 0 Å². The molecule has 26 heavy (non-hydrogen) atoms. The van der Waals surface area contributed by atoms with Gasteiger partial charge in [0.05, 0.1) is 11.6 Å². The van der Waals surface area contributed by atoms with Gasteiger partial charge in [0.15, 0.2) is 11.9 Å². The lowest BCUT2D eigenvalue weighted by molar-refractivity contribution is -0.150. The van der Waals surface area contributed by atoms with Crippen LogP contribution in [0.15, 0.2) is 42.6 Å². The fourth-order valence-electron chi connectivity index (χ4n) is 2.53. The number of rotatable bonds is 4. The molecule has 2 unspecified atom stereocenters. The summed E-state index contributed by atoms with van der Waals surface area (Å²) in [6.45, 7) is 3.98. The van der Waals surface area contributed by atoms with Gasteiger partial charge in [-0.15, -0.1) is 0 Å². The third-order valence-electron chi connectivity index (χ3n) is 3.68. The Hall–Kier alpha value is -1.44. The average Bonchev–Trinajstić information content (AvgIpc) is 2.96. The summed E-state index contributed by atoms with van der Waals surface area (Å²) in [7, 11) is 0. The van der Waals surface area contributed by atoms with Gasteiger partial charge in [0.2, 0.25) is 0 Å². The van der Waals surface area contributed by atoms with Crippen molar-refractivity contribution in [2.75, 3.05) is 6.61 Å². The maximum absolute atomic E-state index is 6.10. The van der Waals surface area contributed by atoms with Crippen LogP contribution in [0.25, 0.3) is 0 Å². The van der Waals surface area contributed by atoms with E-state index >= 15 is 0 Å². The highest BCUT2D eigenvalue weighted by atomic mass is 35.5. The minimum atomic E-state index is -0.724. The fourth-order valence-corrected chi connectivity index (χ4v) is 3.01. The predicted octanol–water partition coefficient (Wildman–Crippen LogP) is 4.96. The van der Waals surface area contributed by atoms with Crippen LogP contribution in [0.3, 0.4) is 0 Å². The topological polar surface area (TPSA) is 49.8 Å². The number of hydrogen-bond acceptors (Lipinski definition) is 6. The Kier molecular flexibility index (Phi) is 5.99. The van der Waals surface area contributed by atoms with Gasteiger partial charge in [-0.25, -0.2) is 4.98 Å². The van der Waals surface area contributed by atoms with E-state index < -0.39 is 18.0 Å². The van der Waals surface area contributed by atoms with Crippen molar-refractivity contribution in [3.8, 4) is 5.75 Å². The van der Waals surface area contributed by atoms with Gasteiger partial charge in [-0.05, 0) is 32.0 Å². The summed E-state index contributed by atoms with van der Waals surface area (Å²) in [6, 6.07) is 10.8. The van der Waals surface area contributed by atoms with Gasteiger partial charge in [0, 0.05) is 24.0 Å². The number of benzene rings is 1. The van der Waals surface area contributed by atoms with Crippen LogP contribution in [-0.2, 0) is 14.2 Å². The van der Waals surface area contributed by atoms with Crippen molar-refractivity contribution in [1.82, 2.24) is 4.98 Å². The summed E-state index contributed by atoms with van der Waals surface area (Å²) in [4.78, 5) is 4.07. The fraction of sp³-hybridized carbons (Fsp3) is 0.333. The number of nitrogens with zero attached hydrogens (tertiary/aromatic N) is 1. The Morgan fingerprint density at radius 3 is 2.65 bits per heavy atom. The highest BCUT2D eigenvalue weighted by molar-refractivity contribution is 7.79. The largest absolute Gasteiger partial charge is 0.445 e. The summed E-state index contributed by atoms with van der Waals surface area (Å²) in [5.74, 6) is -0.148. The smallest absolute Gasteiger partial charge is 0.358 e. The van der Waals surface area contributed by atoms with E-state index in [9.17, 15) is 0 Å². The zero-order valence-electron chi connectivity index (χ0n) is 14.1. The second kappa shape index (κ2) is 8.06. The lowest BCUT2D eigenvalue weighted by atomic mass is 10.1. The number of thiocarbonyl (C=S) groups is 1. The van der Waals surface area contributed by atoms with Gasteiger partial charge in [-0.2, -0.15) is 0 Å². The molecule has 1 aromatic heterocycles. The maximum atomic E-state index is 6.10. The van der Waals surface area contributed by atoms with Crippen molar-refractivity contribution in [2.24, 2.45) is 0 Å². The van der Waals surface area contributed by atoms with Crippen LogP contribution < -0.4 is 4.74 Å². The molecule has 5 nitrogen and oxygen atoms in total. The van der Waals surface area contributed by atoms with E-state index in [2.05, 4.69) is 4.98 Å². The Bertz CT molecular complexity index is 788. The molecule has 1 aliphatic heterocycles. The first-order valence-electron chi connectivity index (χ1n) is 7.90. The lowest BCUT2D eigenvalue weighted by Gasteiger charge is -2.25. The number of pyridine rings is 1. The van der Waals surface area contributed by atoms with E-state index in [1.54, 1.807) is 24.4 Å². The zero-order valence-corrected chi connectivity index (χ0v) is 16.5. The SMILES string of the molecule is CC1(C)OCC(C(OC(=S)Oc2ccccc2)c2cnc(Cl)c(Cl)c2)O1. The molecule has 0 radical (unpaired) electrons. The standard InChI is InChI=1S/C18H17Cl2NO4S/c1-18(2)22-10-14(25-18)15(11-8-13(19)16(20)21-9-11)24-17(26)23-12-6-4-3-5-7-12/h3-9,14-15H,10H2,1-2H3. The molecule has 0 aliphatic carbocycles. The van der Waals surface area contributed by atoms with Gasteiger partial charge in [0.1, 0.15) is 17.0 Å². The molecule has 0 saturated carbocycles. The average molecular weight is 414 g/mol. The molecule has 2 heterocycles. The van der Waals surface area contributed by atoms with Crippen LogP contribution in [0.4, 0.5) is 0 Å². The minimum absolute atomic E-state index is 0.0411. The molecule has 0 bridgehead atoms. The van der Waals surface area contributed by atoms with E-state index in [0.717, 1.165) is 0 Å². The summed E-state index contributed by atoms with van der Waals surface area (Å²) < 4.78 is 23.0. The molecule has 138 valence electrons. The molecule has 0 amide bonds. The number of hydrogen-bond donors (Lipinski definition) is 0. The van der Waals surface area contributed by atoms with E-state index in [-0.39, 0.29) is 10.4 Å². The number of para-hydroxylation sites is 1. The van der Waals surface area contributed by atoms with Crippen LogP contribution in [0.2, 0.25) is 10.2 Å². The zero-order chi connectivity index (χ0) is 18.7. The van der Waals surface area contributed by atoms with Crippen molar-refractivity contribution in [1.29, 1.82) is 0 Å². The number of aromatic nitrogens is 1. The lowest BCUT2D eigenvalue weighted by Crippen LogP contribution is -2.29. The molecule has 1 aromatic carbocycles. The van der Waals surface area contributed by atoms with Crippen LogP contribution >= 0.6 is 35.4 Å². The molecule has 2 aromatic rings. The third kappa shape index (κ3) is 4.84. The maximum Gasteiger partial charge on any atom is 0.358 e. The second-order valence-electron chi connectivity index (χ2n) is 6.11. The molecule has 1 fully saturated rings. The molecule has 1 aliphatic rings. The molecule has 0 spiro atoms. The quantitative estimate of drug-likeness (QED) is 0.521. The number of ether oxygens (including phenoxy) is 4. The van der Waals surface area contributed by atoms with E-state index in [4.69, 9.17) is 54.4 Å². The van der Waals surface area contributed by atoms with Gasteiger partial charge >= 0.3 is 5.24 Å². The van der Waals surface area contributed by atoms with Crippen molar-refractivity contribution in [3.05, 3.63) is 58.3 Å². The van der Waals surface area contributed by atoms with E-state index in [1.807, 2.05) is 32.0 Å². The third-order valence-corrected chi connectivity index (χ3v) is 4.55. The van der Waals surface area contributed by atoms with E-state index in [1.165, 1.54) is 0 Å². The Morgan fingerprint density at radius 1 is 1.31 bits per heavy atom. The predicted molar refractivity (Wildman–Crippen MR) is 103 cm³/mol. The van der Waals surface area contributed by atoms with Crippen LogP contribution in [0, 0.1) is 0 Å². The van der Waals surface area contributed by atoms with Crippen molar-refractivity contribution in [3.63, 3.8) is 0 Å². The first kappa shape index (κ1) is 19.3. The minimum Gasteiger partial charge on any atom is -0.445 e. The Morgan fingerprint density at radius 2 is 2.04 bits per heavy atom. The molecular formula is C18H17Cl2NO4S. The molecule has 0 N–H and O–H groups in total. The summed E-state index contributed by atoms with van der Waals surface area (Å²) >= 11 is 17.3. The van der Waals surface area contributed by atoms with Crippen LogP contribution in [0.1, 0.15) is 25.5 Å². The van der Waals surface area contributed by atoms with Crippen molar-refractivity contribution < 1.29 is 18.9 Å². The summed E-state index contributed by atoms with van der Waals surface area (Å²) in [6.07, 6.45) is 0.537.